The molecule has 232 valence electrons. The van der Waals surface area contributed by atoms with Crippen LogP contribution < -0.4 is 11.1 Å². The van der Waals surface area contributed by atoms with E-state index in [1.807, 2.05) is 19.0 Å². The Morgan fingerprint density at radius 3 is 2.39 bits per heavy atom. The molecule has 0 aliphatic heterocycles. The number of benzene rings is 2. The summed E-state index contributed by atoms with van der Waals surface area (Å²) in [5.74, 6) is -11.3. The average Bonchev–Trinajstić information content (AvgIpc) is 2.94. The second-order valence-electron chi connectivity index (χ2n) is 12.4. The van der Waals surface area contributed by atoms with Gasteiger partial charge in [-0.3, -0.25) is 33.7 Å². The smallest absolute Gasteiger partial charge is 0.251 e. The third-order valence-corrected chi connectivity index (χ3v) is 9.23. The number of carbonyl (C=O) groups excluding carboxylic acids is 6. The van der Waals surface area contributed by atoms with Gasteiger partial charge in [0, 0.05) is 24.6 Å². The van der Waals surface area contributed by atoms with Gasteiger partial charge in [-0.05, 0) is 81.8 Å². The summed E-state index contributed by atoms with van der Waals surface area (Å²) < 4.78 is 0. The number of phenolic OH excluding ortho intramolecular Hbond substituents is 1. The van der Waals surface area contributed by atoms with Crippen LogP contribution in [0.5, 0.6) is 5.75 Å². The molecule has 12 nitrogen and oxygen atoms in total. The van der Waals surface area contributed by atoms with Crippen LogP contribution >= 0.6 is 0 Å². The number of Topliss-reactive ketones (excluding diaryl/α,β-unsaturated/α-hetero) is 4. The van der Waals surface area contributed by atoms with Gasteiger partial charge in [-0.2, -0.15) is 0 Å². The van der Waals surface area contributed by atoms with Crippen molar-refractivity contribution in [2.45, 2.75) is 24.5 Å². The van der Waals surface area contributed by atoms with Crippen LogP contribution in [0.15, 0.2) is 36.4 Å². The van der Waals surface area contributed by atoms with Crippen LogP contribution in [0.3, 0.4) is 0 Å². The number of primary amides is 1. The van der Waals surface area contributed by atoms with E-state index in [0.29, 0.717) is 35.3 Å². The minimum absolute atomic E-state index is 0.0483. The fraction of sp³-hybridized carbons (Fsp3) is 0.438. The highest BCUT2D eigenvalue weighted by atomic mass is 16.3. The maximum absolute atomic E-state index is 14.0. The van der Waals surface area contributed by atoms with Crippen molar-refractivity contribution in [2.75, 3.05) is 41.3 Å². The lowest BCUT2D eigenvalue weighted by Gasteiger charge is -2.52. The van der Waals surface area contributed by atoms with Crippen LogP contribution in [0, 0.1) is 23.7 Å². The topological polar surface area (TPSA) is 187 Å². The summed E-state index contributed by atoms with van der Waals surface area (Å²) in [5.41, 5.74) is 4.54. The molecule has 0 spiro atoms. The number of nitrogens with one attached hydrogen (secondary N) is 1. The molecule has 3 aliphatic carbocycles. The van der Waals surface area contributed by atoms with Crippen molar-refractivity contribution in [3.63, 3.8) is 0 Å². The first-order valence-electron chi connectivity index (χ1n) is 14.4. The highest BCUT2D eigenvalue weighted by Crippen LogP contribution is 2.51. The first-order valence-corrected chi connectivity index (χ1v) is 14.4. The second-order valence-corrected chi connectivity index (χ2v) is 12.4. The first-order chi connectivity index (χ1) is 20.7. The van der Waals surface area contributed by atoms with Crippen molar-refractivity contribution < 1.29 is 39.0 Å². The largest absolute Gasteiger partial charge is 0.507 e. The highest BCUT2D eigenvalue weighted by molar-refractivity contribution is 6.32. The van der Waals surface area contributed by atoms with Crippen molar-refractivity contribution in [2.24, 2.45) is 29.4 Å². The molecule has 2 saturated carbocycles. The Labute approximate surface area is 254 Å². The summed E-state index contributed by atoms with van der Waals surface area (Å²) in [6.45, 7) is 1.11. The first kappa shape index (κ1) is 31.2. The standard InChI is InChI=1S/C32H36N4O8/c1-35(2)11-10-34-31(43)16-7-5-6-15(12-16)18-8-9-21(37)23-19(18)13-17-14-20-25(36(3)4)27(39)24(30(33)42)29(41)32(20,44)28(40)22(17)26(23)38/h5-9,12,17,20,22,24-25,37,44H,10-11,13-14H2,1-4H3,(H2,33,42)(H,34,43)/t17-,20-,22?,24?,25-,32-/m1/s1. The Kier molecular flexibility index (Phi) is 8.04. The summed E-state index contributed by atoms with van der Waals surface area (Å²) in [5, 5.41) is 25.4. The summed E-state index contributed by atoms with van der Waals surface area (Å²) in [6.07, 6.45) is 0.0716. The Hall–Kier alpha value is -4.26. The molecule has 2 aromatic carbocycles. The van der Waals surface area contributed by atoms with Crippen molar-refractivity contribution in [1.82, 2.24) is 15.1 Å². The van der Waals surface area contributed by atoms with Crippen LogP contribution in [0.2, 0.25) is 0 Å². The Balaban J connectivity index is 1.56. The molecule has 44 heavy (non-hydrogen) atoms. The third-order valence-electron chi connectivity index (χ3n) is 9.23. The highest BCUT2D eigenvalue weighted by Gasteiger charge is 2.69. The SMILES string of the molecule is CN(C)CCNC(=O)c1cccc(-c2ccc(O)c3c2C[C@@H]2C[C@@H]4[C@@H](N(C)C)C(=O)C(C(N)=O)C(=O)[C@]4(O)C(=O)C2C3=O)c1. The third kappa shape index (κ3) is 4.83. The Morgan fingerprint density at radius 1 is 1.05 bits per heavy atom. The predicted molar refractivity (Wildman–Crippen MR) is 158 cm³/mol. The molecule has 6 atom stereocenters. The van der Waals surface area contributed by atoms with Gasteiger partial charge >= 0.3 is 0 Å². The quantitative estimate of drug-likeness (QED) is 0.309. The number of nitrogens with two attached hydrogens (primary N) is 1. The monoisotopic (exact) mass is 604 g/mol. The van der Waals surface area contributed by atoms with Crippen molar-refractivity contribution in [3.8, 4) is 16.9 Å². The number of amides is 2. The van der Waals surface area contributed by atoms with Gasteiger partial charge in [0.25, 0.3) is 5.91 Å². The Bertz CT molecular complexity index is 1600. The Morgan fingerprint density at radius 2 is 1.75 bits per heavy atom. The molecule has 2 fully saturated rings. The van der Waals surface area contributed by atoms with Gasteiger partial charge in [0.2, 0.25) is 5.91 Å². The van der Waals surface area contributed by atoms with Gasteiger partial charge in [0.05, 0.1) is 17.5 Å². The average molecular weight is 605 g/mol. The number of hydrogen-bond acceptors (Lipinski definition) is 10. The van der Waals surface area contributed by atoms with Gasteiger partial charge in [-0.1, -0.05) is 18.2 Å². The van der Waals surface area contributed by atoms with Crippen molar-refractivity contribution >= 4 is 34.9 Å². The van der Waals surface area contributed by atoms with Gasteiger partial charge in [-0.25, -0.2) is 0 Å². The van der Waals surface area contributed by atoms with Gasteiger partial charge in [-0.15, -0.1) is 0 Å². The van der Waals surface area contributed by atoms with Crippen LogP contribution in [-0.2, 0) is 25.6 Å². The zero-order chi connectivity index (χ0) is 32.2. The molecule has 0 aromatic heterocycles. The van der Waals surface area contributed by atoms with E-state index in [4.69, 9.17) is 5.73 Å². The lowest BCUT2D eigenvalue weighted by Crippen LogP contribution is -2.74. The van der Waals surface area contributed by atoms with Crippen LogP contribution in [-0.4, -0.2) is 108 Å². The molecule has 12 heteroatoms. The number of rotatable bonds is 7. The van der Waals surface area contributed by atoms with Crippen molar-refractivity contribution in [1.29, 1.82) is 0 Å². The van der Waals surface area contributed by atoms with E-state index in [0.717, 1.165) is 0 Å². The molecule has 3 aliphatic rings. The van der Waals surface area contributed by atoms with Crippen LogP contribution in [0.4, 0.5) is 0 Å². The fourth-order valence-electron chi connectivity index (χ4n) is 7.20. The summed E-state index contributed by atoms with van der Waals surface area (Å²) in [7, 11) is 6.87. The van der Waals surface area contributed by atoms with Crippen LogP contribution in [0.25, 0.3) is 11.1 Å². The second kappa shape index (κ2) is 11.3. The number of nitrogens with zero attached hydrogens (tertiary/aromatic N) is 2. The molecule has 2 unspecified atom stereocenters. The molecule has 5 N–H and O–H groups in total. The van der Waals surface area contributed by atoms with E-state index in [2.05, 4.69) is 5.32 Å². The zero-order valence-corrected chi connectivity index (χ0v) is 25.0. The normalized spacial score (nSPS) is 28.0. The lowest BCUT2D eigenvalue weighted by atomic mass is 9.52. The number of aromatic hydroxyl groups is 1. The van der Waals surface area contributed by atoms with E-state index >= 15 is 0 Å². The maximum atomic E-state index is 14.0. The molecular weight excluding hydrogens is 568 g/mol. The van der Waals surface area contributed by atoms with Crippen molar-refractivity contribution in [3.05, 3.63) is 53.1 Å². The predicted octanol–water partition coefficient (Wildman–Crippen LogP) is -0.175. The fourth-order valence-corrected chi connectivity index (χ4v) is 7.20. The molecule has 2 aromatic rings. The lowest BCUT2D eigenvalue weighted by molar-refractivity contribution is -0.181. The van der Waals surface area contributed by atoms with E-state index in [1.54, 1.807) is 30.3 Å². The maximum Gasteiger partial charge on any atom is 0.251 e. The molecule has 0 saturated heterocycles. The minimum Gasteiger partial charge on any atom is -0.507 e. The number of fused-ring (bicyclic) bond motifs is 3. The summed E-state index contributed by atoms with van der Waals surface area (Å²) in [4.78, 5) is 83.1. The zero-order valence-electron chi connectivity index (χ0n) is 25.0. The summed E-state index contributed by atoms with van der Waals surface area (Å²) in [6, 6.07) is 8.63. The molecule has 2 amide bonds. The van der Waals surface area contributed by atoms with E-state index in [9.17, 15) is 39.0 Å². The number of phenols is 1. The molecule has 0 bridgehead atoms. The number of carbonyl (C=O) groups is 6. The van der Waals surface area contributed by atoms with Gasteiger partial charge in [0.15, 0.2) is 34.7 Å². The number of aliphatic hydroxyl groups is 1. The van der Waals surface area contributed by atoms with Gasteiger partial charge in [0.1, 0.15) is 5.75 Å². The molecule has 0 heterocycles. The van der Waals surface area contributed by atoms with E-state index < -0.39 is 64.4 Å². The molecular formula is C32H36N4O8. The number of likely N-dealkylation sites (N-methyl/N-ethyl adjacent to an activating group) is 2. The number of ketones is 4. The van der Waals surface area contributed by atoms with Gasteiger partial charge < -0.3 is 26.2 Å². The van der Waals surface area contributed by atoms with Crippen LogP contribution in [0.1, 0.15) is 32.7 Å². The molecule has 5 rings (SSSR count). The molecule has 0 radical (unpaired) electrons. The number of hydrogen-bond donors (Lipinski definition) is 4. The van der Waals surface area contributed by atoms with E-state index in [1.165, 1.54) is 25.1 Å². The minimum atomic E-state index is -2.78. The summed E-state index contributed by atoms with van der Waals surface area (Å²) >= 11 is 0. The van der Waals surface area contributed by atoms with E-state index in [-0.39, 0.29) is 30.1 Å².